The van der Waals surface area contributed by atoms with Gasteiger partial charge in [0.05, 0.1) is 6.42 Å². The topological polar surface area (TPSA) is 63.3 Å². The average Bonchev–Trinajstić information content (AvgIpc) is 1.98. The van der Waals surface area contributed by atoms with Crippen molar-refractivity contribution in [3.8, 4) is 0 Å². The largest absolute Gasteiger partial charge is 0.481 e. The van der Waals surface area contributed by atoms with E-state index < -0.39 is 23.6 Å². The first-order valence-corrected chi connectivity index (χ1v) is 4.39. The molecule has 0 aliphatic heterocycles. The molecule has 0 saturated heterocycles. The number of carboxylic acid groups (broad SMARTS) is 1. The van der Waals surface area contributed by atoms with Gasteiger partial charge in [0.25, 0.3) is 0 Å². The lowest BCUT2D eigenvalue weighted by Gasteiger charge is -2.08. The molecule has 0 heterocycles. The van der Waals surface area contributed by atoms with Crippen LogP contribution in [0.5, 0.6) is 0 Å². The van der Waals surface area contributed by atoms with Gasteiger partial charge in [0.2, 0.25) is 0 Å². The normalized spacial score (nSPS) is 11.7. The van der Waals surface area contributed by atoms with Crippen molar-refractivity contribution in [1.82, 2.24) is 0 Å². The monoisotopic (exact) mass is 251 g/mol. The molecule has 0 spiro atoms. The highest BCUT2D eigenvalue weighted by molar-refractivity contribution is 5.85. The van der Waals surface area contributed by atoms with E-state index in [-0.39, 0.29) is 25.2 Å². The van der Waals surface area contributed by atoms with E-state index in [0.717, 1.165) is 18.2 Å². The Hall–Kier alpha value is -1.20. The average molecular weight is 252 g/mol. The molecular formula is C10H12ClF2NO2. The highest BCUT2D eigenvalue weighted by Crippen LogP contribution is 2.10. The van der Waals surface area contributed by atoms with Crippen molar-refractivity contribution in [3.05, 3.63) is 35.4 Å². The summed E-state index contributed by atoms with van der Waals surface area (Å²) in [5.41, 5.74) is 5.84. The third-order valence-corrected chi connectivity index (χ3v) is 1.86. The van der Waals surface area contributed by atoms with Crippen molar-refractivity contribution in [2.24, 2.45) is 5.73 Å². The molecule has 0 radical (unpaired) electrons. The van der Waals surface area contributed by atoms with Crippen LogP contribution in [0.2, 0.25) is 0 Å². The van der Waals surface area contributed by atoms with Gasteiger partial charge in [0.15, 0.2) is 0 Å². The second kappa shape index (κ2) is 6.40. The van der Waals surface area contributed by atoms with Crippen molar-refractivity contribution in [3.63, 3.8) is 0 Å². The number of rotatable bonds is 4. The first-order chi connectivity index (χ1) is 6.97. The van der Waals surface area contributed by atoms with Crippen LogP contribution in [-0.4, -0.2) is 17.1 Å². The molecule has 0 saturated carbocycles. The lowest BCUT2D eigenvalue weighted by molar-refractivity contribution is -0.137. The molecule has 1 atom stereocenters. The zero-order valence-electron chi connectivity index (χ0n) is 8.32. The predicted octanol–water partition coefficient (Wildman–Crippen LogP) is 1.73. The van der Waals surface area contributed by atoms with E-state index in [9.17, 15) is 13.6 Å². The molecule has 0 amide bonds. The zero-order chi connectivity index (χ0) is 11.4. The highest BCUT2D eigenvalue weighted by Gasteiger charge is 2.10. The lowest BCUT2D eigenvalue weighted by Crippen LogP contribution is -2.26. The number of carboxylic acids is 1. The Bertz CT molecular complexity index is 354. The number of nitrogens with two attached hydrogens (primary N) is 1. The molecule has 0 aromatic heterocycles. The molecule has 6 heteroatoms. The van der Waals surface area contributed by atoms with Gasteiger partial charge in [0, 0.05) is 12.1 Å². The van der Waals surface area contributed by atoms with Gasteiger partial charge in [-0.3, -0.25) is 4.79 Å². The predicted molar refractivity (Wildman–Crippen MR) is 57.5 cm³/mol. The second-order valence-electron chi connectivity index (χ2n) is 3.34. The molecule has 0 aliphatic rings. The van der Waals surface area contributed by atoms with E-state index in [2.05, 4.69) is 0 Å². The van der Waals surface area contributed by atoms with Crippen molar-refractivity contribution < 1.29 is 18.7 Å². The fraction of sp³-hybridized carbons (Fsp3) is 0.300. The van der Waals surface area contributed by atoms with Crippen LogP contribution in [-0.2, 0) is 11.2 Å². The number of carbonyl (C=O) groups is 1. The van der Waals surface area contributed by atoms with E-state index in [4.69, 9.17) is 10.8 Å². The van der Waals surface area contributed by atoms with Crippen molar-refractivity contribution in [2.75, 3.05) is 0 Å². The molecule has 1 aromatic carbocycles. The lowest BCUT2D eigenvalue weighted by atomic mass is 10.0. The van der Waals surface area contributed by atoms with Crippen LogP contribution in [0.1, 0.15) is 12.0 Å². The SMILES string of the molecule is Cl.N[C@H](CC(=O)O)Cc1cc(F)cc(F)c1. The summed E-state index contributed by atoms with van der Waals surface area (Å²) in [4.78, 5) is 10.3. The Morgan fingerprint density at radius 3 is 2.25 bits per heavy atom. The van der Waals surface area contributed by atoms with Crippen LogP contribution < -0.4 is 5.73 Å². The molecule has 0 bridgehead atoms. The molecule has 90 valence electrons. The summed E-state index contributed by atoms with van der Waals surface area (Å²) in [5.74, 6) is -2.40. The third-order valence-electron chi connectivity index (χ3n) is 1.86. The van der Waals surface area contributed by atoms with E-state index in [1.807, 2.05) is 0 Å². The standard InChI is InChI=1S/C10H11F2NO2.ClH/c11-7-1-6(2-8(12)4-7)3-9(13)5-10(14)15;/h1-2,4,9H,3,5,13H2,(H,14,15);1H/t9-;/m0./s1. The van der Waals surface area contributed by atoms with E-state index in [0.29, 0.717) is 5.56 Å². The quantitative estimate of drug-likeness (QED) is 0.857. The zero-order valence-corrected chi connectivity index (χ0v) is 9.14. The number of halogens is 3. The van der Waals surface area contributed by atoms with E-state index in [1.165, 1.54) is 0 Å². The maximum absolute atomic E-state index is 12.7. The first kappa shape index (κ1) is 14.8. The first-order valence-electron chi connectivity index (χ1n) is 4.39. The van der Waals surface area contributed by atoms with Gasteiger partial charge in [-0.2, -0.15) is 0 Å². The van der Waals surface area contributed by atoms with Crippen LogP contribution in [0.4, 0.5) is 8.78 Å². The van der Waals surface area contributed by atoms with E-state index >= 15 is 0 Å². The van der Waals surface area contributed by atoms with Gasteiger partial charge in [-0.1, -0.05) is 0 Å². The van der Waals surface area contributed by atoms with Gasteiger partial charge in [-0.05, 0) is 24.1 Å². The number of aliphatic carboxylic acids is 1. The van der Waals surface area contributed by atoms with Gasteiger partial charge >= 0.3 is 5.97 Å². The Morgan fingerprint density at radius 2 is 1.81 bits per heavy atom. The summed E-state index contributed by atoms with van der Waals surface area (Å²) < 4.78 is 25.5. The number of benzene rings is 1. The van der Waals surface area contributed by atoms with Crippen LogP contribution in [0.3, 0.4) is 0 Å². The van der Waals surface area contributed by atoms with Crippen molar-refractivity contribution >= 4 is 18.4 Å². The van der Waals surface area contributed by atoms with Gasteiger partial charge in [-0.25, -0.2) is 8.78 Å². The van der Waals surface area contributed by atoms with Crippen LogP contribution >= 0.6 is 12.4 Å². The summed E-state index contributed by atoms with van der Waals surface area (Å²) in [6, 6.07) is 2.41. The minimum atomic E-state index is -1.03. The fourth-order valence-corrected chi connectivity index (χ4v) is 1.33. The summed E-state index contributed by atoms with van der Waals surface area (Å²) in [5, 5.41) is 8.44. The van der Waals surface area contributed by atoms with Crippen molar-refractivity contribution in [1.29, 1.82) is 0 Å². The molecule has 3 N–H and O–H groups in total. The van der Waals surface area contributed by atoms with Crippen molar-refractivity contribution in [2.45, 2.75) is 18.9 Å². The number of hydrogen-bond acceptors (Lipinski definition) is 2. The summed E-state index contributed by atoms with van der Waals surface area (Å²) in [6.45, 7) is 0. The molecular weight excluding hydrogens is 240 g/mol. The molecule has 0 unspecified atom stereocenters. The van der Waals surface area contributed by atoms with Crippen LogP contribution in [0.25, 0.3) is 0 Å². The molecule has 0 fully saturated rings. The molecule has 1 aromatic rings. The third kappa shape index (κ3) is 5.04. The Labute approximate surface area is 97.7 Å². The second-order valence-corrected chi connectivity index (χ2v) is 3.34. The summed E-state index contributed by atoms with van der Waals surface area (Å²) >= 11 is 0. The Balaban J connectivity index is 0.00000225. The van der Waals surface area contributed by atoms with E-state index in [1.54, 1.807) is 0 Å². The molecule has 16 heavy (non-hydrogen) atoms. The van der Waals surface area contributed by atoms with Gasteiger partial charge in [0.1, 0.15) is 11.6 Å². The molecule has 3 nitrogen and oxygen atoms in total. The van der Waals surface area contributed by atoms with Gasteiger partial charge < -0.3 is 10.8 Å². The van der Waals surface area contributed by atoms with Crippen LogP contribution in [0, 0.1) is 11.6 Å². The highest BCUT2D eigenvalue weighted by atomic mass is 35.5. The fourth-order valence-electron chi connectivity index (χ4n) is 1.33. The summed E-state index contributed by atoms with van der Waals surface area (Å²) in [6.07, 6.45) is -0.0842. The minimum Gasteiger partial charge on any atom is -0.481 e. The summed E-state index contributed by atoms with van der Waals surface area (Å²) in [7, 11) is 0. The maximum atomic E-state index is 12.7. The van der Waals surface area contributed by atoms with Gasteiger partial charge in [-0.15, -0.1) is 12.4 Å². The molecule has 0 aliphatic carbocycles. The Kier molecular flexibility index (Phi) is 5.92. The number of hydrogen-bond donors (Lipinski definition) is 2. The molecule has 1 rings (SSSR count). The maximum Gasteiger partial charge on any atom is 0.304 e. The Morgan fingerprint density at radius 1 is 1.31 bits per heavy atom. The van der Waals surface area contributed by atoms with Crippen LogP contribution in [0.15, 0.2) is 18.2 Å². The minimum absolute atomic E-state index is 0. The smallest absolute Gasteiger partial charge is 0.304 e.